The zero-order valence-corrected chi connectivity index (χ0v) is 8.95. The highest BCUT2D eigenvalue weighted by atomic mass is 16.7. The van der Waals surface area contributed by atoms with Gasteiger partial charge in [-0.3, -0.25) is 4.79 Å². The van der Waals surface area contributed by atoms with Crippen molar-refractivity contribution >= 4 is 5.91 Å². The number of dihydropyridines is 1. The van der Waals surface area contributed by atoms with Gasteiger partial charge in [-0.25, -0.2) is 0 Å². The summed E-state index contributed by atoms with van der Waals surface area (Å²) in [7, 11) is 0. The highest BCUT2D eigenvalue weighted by Crippen LogP contribution is 2.28. The fourth-order valence-corrected chi connectivity index (χ4v) is 1.92. The number of hydrogen-bond acceptors (Lipinski definition) is 4. The van der Waals surface area contributed by atoms with E-state index >= 15 is 0 Å². The van der Waals surface area contributed by atoms with Crippen molar-refractivity contribution in [3.63, 3.8) is 0 Å². The summed E-state index contributed by atoms with van der Waals surface area (Å²) in [6.45, 7) is 1.46. The maximum atomic E-state index is 11.9. The average Bonchev–Trinajstić information content (AvgIpc) is 3.04. The van der Waals surface area contributed by atoms with Gasteiger partial charge in [0, 0.05) is 24.9 Å². The normalized spacial score (nSPS) is 27.1. The molecule has 5 heteroatoms. The maximum absolute atomic E-state index is 11.9. The third kappa shape index (κ3) is 1.78. The fraction of sp³-hybridized carbons (Fsp3) is 0.545. The minimum absolute atomic E-state index is 0.00833. The Morgan fingerprint density at radius 1 is 1.56 bits per heavy atom. The van der Waals surface area contributed by atoms with Crippen LogP contribution in [0.3, 0.4) is 0 Å². The van der Waals surface area contributed by atoms with Gasteiger partial charge in [-0.15, -0.1) is 5.48 Å². The summed E-state index contributed by atoms with van der Waals surface area (Å²) in [6, 6.07) is -0.341. The number of hydroxylamine groups is 1. The van der Waals surface area contributed by atoms with Crippen LogP contribution in [0.2, 0.25) is 0 Å². The lowest BCUT2D eigenvalue weighted by Gasteiger charge is -2.14. The van der Waals surface area contributed by atoms with Crippen LogP contribution >= 0.6 is 0 Å². The molecule has 16 heavy (non-hydrogen) atoms. The second-order valence-electron chi connectivity index (χ2n) is 4.45. The van der Waals surface area contributed by atoms with Crippen molar-refractivity contribution in [2.45, 2.75) is 18.9 Å². The molecule has 2 aliphatic heterocycles. The summed E-state index contributed by atoms with van der Waals surface area (Å²) in [5.74, 6) is 1.48. The molecule has 0 aromatic carbocycles. The van der Waals surface area contributed by atoms with Crippen molar-refractivity contribution < 1.29 is 9.63 Å². The molecule has 5 nitrogen and oxygen atoms in total. The Labute approximate surface area is 93.9 Å². The van der Waals surface area contributed by atoms with E-state index < -0.39 is 0 Å². The molecule has 86 valence electrons. The summed E-state index contributed by atoms with van der Waals surface area (Å²) < 4.78 is 0. The maximum Gasteiger partial charge on any atom is 0.244 e. The van der Waals surface area contributed by atoms with Crippen molar-refractivity contribution in [3.8, 4) is 0 Å². The van der Waals surface area contributed by atoms with E-state index in [2.05, 4.69) is 16.1 Å². The van der Waals surface area contributed by atoms with E-state index in [9.17, 15) is 4.79 Å². The van der Waals surface area contributed by atoms with E-state index in [1.807, 2.05) is 12.3 Å². The van der Waals surface area contributed by atoms with E-state index in [0.29, 0.717) is 12.5 Å². The molecule has 0 saturated heterocycles. The van der Waals surface area contributed by atoms with E-state index in [0.717, 1.165) is 17.9 Å². The number of hydrogen-bond donors (Lipinski definition) is 3. The first-order valence-corrected chi connectivity index (χ1v) is 5.67. The largest absolute Gasteiger partial charge is 0.408 e. The molecule has 0 aromatic heterocycles. The van der Waals surface area contributed by atoms with Gasteiger partial charge in [0.25, 0.3) is 0 Å². The Kier molecular flexibility index (Phi) is 2.32. The zero-order valence-electron chi connectivity index (χ0n) is 8.95. The Balaban J connectivity index is 1.63. The third-order valence-electron chi connectivity index (χ3n) is 3.12. The van der Waals surface area contributed by atoms with Crippen molar-refractivity contribution in [2.75, 3.05) is 13.1 Å². The van der Waals surface area contributed by atoms with E-state index in [4.69, 9.17) is 4.84 Å². The Bertz CT molecular complexity index is 371. The van der Waals surface area contributed by atoms with Crippen molar-refractivity contribution in [3.05, 3.63) is 23.6 Å². The van der Waals surface area contributed by atoms with Gasteiger partial charge in [0.1, 0.15) is 6.04 Å². The van der Waals surface area contributed by atoms with Crippen LogP contribution in [0.5, 0.6) is 0 Å². The van der Waals surface area contributed by atoms with Crippen LogP contribution in [0.4, 0.5) is 0 Å². The fourth-order valence-electron chi connectivity index (χ4n) is 1.92. The lowest BCUT2D eigenvalue weighted by molar-refractivity contribution is -0.123. The van der Waals surface area contributed by atoms with Crippen LogP contribution < -0.4 is 16.1 Å². The summed E-state index contributed by atoms with van der Waals surface area (Å²) in [4.78, 5) is 17.1. The minimum Gasteiger partial charge on any atom is -0.408 e. The molecule has 1 amide bonds. The SMILES string of the molecule is O=C(NCC1CC1)C1NOC2=C1CNC=C2. The second-order valence-corrected chi connectivity index (χ2v) is 4.45. The molecule has 3 N–H and O–H groups in total. The molecule has 1 saturated carbocycles. The summed E-state index contributed by atoms with van der Waals surface area (Å²) >= 11 is 0. The van der Waals surface area contributed by atoms with Crippen LogP contribution in [0.25, 0.3) is 0 Å². The quantitative estimate of drug-likeness (QED) is 0.617. The molecular weight excluding hydrogens is 206 g/mol. The molecule has 1 atom stereocenters. The van der Waals surface area contributed by atoms with Crippen molar-refractivity contribution in [2.24, 2.45) is 5.92 Å². The first-order chi connectivity index (χ1) is 7.84. The predicted octanol–water partition coefficient (Wildman–Crippen LogP) is -0.213. The minimum atomic E-state index is -0.341. The number of amides is 1. The smallest absolute Gasteiger partial charge is 0.244 e. The van der Waals surface area contributed by atoms with Gasteiger partial charge in [0.2, 0.25) is 5.91 Å². The second kappa shape index (κ2) is 3.83. The lowest BCUT2D eigenvalue weighted by Crippen LogP contribution is -2.44. The molecule has 0 radical (unpaired) electrons. The molecule has 1 aliphatic carbocycles. The number of allylic oxidation sites excluding steroid dienone is 1. The Morgan fingerprint density at radius 2 is 2.44 bits per heavy atom. The van der Waals surface area contributed by atoms with Crippen molar-refractivity contribution in [1.29, 1.82) is 0 Å². The Hall–Kier alpha value is -1.49. The first-order valence-electron chi connectivity index (χ1n) is 5.67. The predicted molar refractivity (Wildman–Crippen MR) is 57.9 cm³/mol. The van der Waals surface area contributed by atoms with Gasteiger partial charge in [0.15, 0.2) is 5.76 Å². The molecule has 1 fully saturated rings. The van der Waals surface area contributed by atoms with E-state index in [1.54, 1.807) is 0 Å². The summed E-state index contributed by atoms with van der Waals surface area (Å²) in [5, 5.41) is 6.03. The van der Waals surface area contributed by atoms with Gasteiger partial charge in [0.05, 0.1) is 0 Å². The van der Waals surface area contributed by atoms with Crippen LogP contribution in [0.1, 0.15) is 12.8 Å². The number of carbonyl (C=O) groups is 1. The molecule has 0 spiro atoms. The lowest BCUT2D eigenvalue weighted by atomic mass is 10.0. The number of rotatable bonds is 3. The molecule has 0 aromatic rings. The van der Waals surface area contributed by atoms with Gasteiger partial charge in [-0.1, -0.05) is 0 Å². The molecule has 2 heterocycles. The van der Waals surface area contributed by atoms with Crippen LogP contribution in [0, 0.1) is 5.92 Å². The number of nitrogens with one attached hydrogen (secondary N) is 3. The monoisotopic (exact) mass is 221 g/mol. The van der Waals surface area contributed by atoms with Gasteiger partial charge < -0.3 is 15.5 Å². The van der Waals surface area contributed by atoms with E-state index in [-0.39, 0.29) is 11.9 Å². The third-order valence-corrected chi connectivity index (χ3v) is 3.12. The number of carbonyl (C=O) groups excluding carboxylic acids is 1. The van der Waals surface area contributed by atoms with E-state index in [1.165, 1.54) is 12.8 Å². The zero-order chi connectivity index (χ0) is 11.0. The van der Waals surface area contributed by atoms with Crippen LogP contribution in [0.15, 0.2) is 23.6 Å². The standard InChI is InChI=1S/C11H15N3O2/c15-11(13-5-7-1-2-7)10-8-6-12-4-3-9(8)16-14-10/h3-4,7,10,12,14H,1-2,5-6H2,(H,13,15). The van der Waals surface area contributed by atoms with Gasteiger partial charge in [-0.2, -0.15) is 0 Å². The van der Waals surface area contributed by atoms with Gasteiger partial charge >= 0.3 is 0 Å². The highest BCUT2D eigenvalue weighted by Gasteiger charge is 2.33. The van der Waals surface area contributed by atoms with Gasteiger partial charge in [-0.05, 0) is 24.8 Å². The molecular formula is C11H15N3O2. The molecule has 3 aliphatic rings. The highest BCUT2D eigenvalue weighted by molar-refractivity contribution is 5.85. The average molecular weight is 221 g/mol. The van der Waals surface area contributed by atoms with Crippen LogP contribution in [-0.2, 0) is 9.63 Å². The van der Waals surface area contributed by atoms with Crippen LogP contribution in [-0.4, -0.2) is 25.0 Å². The first kappa shape index (κ1) is 9.72. The summed E-state index contributed by atoms with van der Waals surface area (Å²) in [6.07, 6.45) is 6.14. The molecule has 0 bridgehead atoms. The molecule has 3 rings (SSSR count). The Morgan fingerprint density at radius 3 is 3.25 bits per heavy atom. The van der Waals surface area contributed by atoms with Crippen molar-refractivity contribution in [1.82, 2.24) is 16.1 Å². The topological polar surface area (TPSA) is 62.4 Å². The summed E-state index contributed by atoms with van der Waals surface area (Å²) in [5.41, 5.74) is 3.75. The molecule has 1 unspecified atom stereocenters.